The van der Waals surface area contributed by atoms with Crippen LogP contribution in [0.4, 0.5) is 23.0 Å². The van der Waals surface area contributed by atoms with E-state index in [9.17, 15) is 4.79 Å². The topological polar surface area (TPSA) is 127 Å². The molecule has 1 saturated carbocycles. The van der Waals surface area contributed by atoms with Crippen LogP contribution in [0.25, 0.3) is 0 Å². The molecule has 0 radical (unpaired) electrons. The summed E-state index contributed by atoms with van der Waals surface area (Å²) in [6.45, 7) is 0. The molecule has 4 rings (SSSR count). The fourth-order valence-corrected chi connectivity index (χ4v) is 3.68. The van der Waals surface area contributed by atoms with Crippen molar-refractivity contribution in [1.82, 2.24) is 9.97 Å². The third-order valence-corrected chi connectivity index (χ3v) is 5.75. The lowest BCUT2D eigenvalue weighted by atomic mass is 10.1. The Morgan fingerprint density at radius 3 is 2.71 bits per heavy atom. The van der Waals surface area contributed by atoms with Gasteiger partial charge in [0.1, 0.15) is 23.8 Å². The molecule has 1 unspecified atom stereocenters. The lowest BCUT2D eigenvalue weighted by Crippen LogP contribution is -2.16. The van der Waals surface area contributed by atoms with Crippen molar-refractivity contribution in [2.45, 2.75) is 12.8 Å². The van der Waals surface area contributed by atoms with Gasteiger partial charge in [-0.25, -0.2) is 15.0 Å². The van der Waals surface area contributed by atoms with Crippen molar-refractivity contribution in [1.29, 1.82) is 0 Å². The van der Waals surface area contributed by atoms with Crippen molar-refractivity contribution in [3.05, 3.63) is 59.9 Å². The maximum atomic E-state index is 13.0. The Bertz CT molecular complexity index is 1270. The molecule has 0 aliphatic heterocycles. The van der Waals surface area contributed by atoms with Crippen LogP contribution < -0.4 is 26.4 Å². The number of methoxy groups -OCH3 is 1. The predicted octanol–water partition coefficient (Wildman–Crippen LogP) is 3.43. The van der Waals surface area contributed by atoms with Gasteiger partial charge in [0.25, 0.3) is 0 Å². The van der Waals surface area contributed by atoms with Crippen LogP contribution in [0.1, 0.15) is 28.8 Å². The lowest BCUT2D eigenvalue weighted by molar-refractivity contribution is 0.0968. The summed E-state index contributed by atoms with van der Waals surface area (Å²) < 4.78 is 5.65. The monoisotopic (exact) mass is 475 g/mol. The molecule has 1 aliphatic carbocycles. The third kappa shape index (κ3) is 5.21. The second-order valence-electron chi connectivity index (χ2n) is 7.72. The molecule has 1 atom stereocenters. The van der Waals surface area contributed by atoms with Gasteiger partial charge in [-0.3, -0.25) is 9.79 Å². The fraction of sp³-hybridized carbons (Fsp3) is 0.208. The Kier molecular flexibility index (Phi) is 7.13. The van der Waals surface area contributed by atoms with Gasteiger partial charge in [0, 0.05) is 36.7 Å². The number of pyridine rings is 2. The Labute approximate surface area is 200 Å². The van der Waals surface area contributed by atoms with Gasteiger partial charge in [0.15, 0.2) is 11.5 Å². The van der Waals surface area contributed by atoms with E-state index in [2.05, 4.69) is 39.8 Å². The Hall–Kier alpha value is -3.84. The highest BCUT2D eigenvalue weighted by molar-refractivity contribution is 7.28. The number of carbonyl (C=O) groups is 1. The maximum absolute atomic E-state index is 13.0. The van der Waals surface area contributed by atoms with Crippen molar-refractivity contribution >= 4 is 55.5 Å². The highest BCUT2D eigenvalue weighted by atomic mass is 31.0. The van der Waals surface area contributed by atoms with Crippen molar-refractivity contribution in [2.24, 2.45) is 21.6 Å². The summed E-state index contributed by atoms with van der Waals surface area (Å²) in [5.41, 5.74) is 8.51. The molecule has 34 heavy (non-hydrogen) atoms. The number of hydrogen-bond acceptors (Lipinski definition) is 7. The molecule has 2 heterocycles. The average molecular weight is 475 g/mol. The number of nitrogens with one attached hydrogen (secondary N) is 2. The first-order valence-electron chi connectivity index (χ1n) is 10.7. The summed E-state index contributed by atoms with van der Waals surface area (Å²) in [4.78, 5) is 29.8. The molecule has 10 heteroatoms. The summed E-state index contributed by atoms with van der Waals surface area (Å²) in [5.74, 6) is 2.09. The normalized spacial score (nSPS) is 13.7. The number of nitrogens with two attached hydrogens (primary N) is 1. The Morgan fingerprint density at radius 1 is 1.18 bits per heavy atom. The number of carbonyl (C=O) groups excluding carboxylic acids is 1. The summed E-state index contributed by atoms with van der Waals surface area (Å²) in [5, 5.41) is 7.46. The lowest BCUT2D eigenvalue weighted by Gasteiger charge is -2.17. The number of benzene rings is 1. The van der Waals surface area contributed by atoms with E-state index in [0.29, 0.717) is 39.9 Å². The Balaban J connectivity index is 1.73. The van der Waals surface area contributed by atoms with Gasteiger partial charge in [-0.05, 0) is 37.1 Å². The van der Waals surface area contributed by atoms with Gasteiger partial charge in [0.2, 0.25) is 0 Å². The first-order valence-corrected chi connectivity index (χ1v) is 11.3. The van der Waals surface area contributed by atoms with Crippen LogP contribution in [0.2, 0.25) is 0 Å². The van der Waals surface area contributed by atoms with Crippen molar-refractivity contribution < 1.29 is 9.53 Å². The number of amidine groups is 1. The molecule has 174 valence electrons. The molecule has 4 N–H and O–H groups in total. The molecule has 9 nitrogen and oxygen atoms in total. The van der Waals surface area contributed by atoms with E-state index < -0.39 is 0 Å². The maximum Gasteiger partial charge on any atom is 0.169 e. The van der Waals surface area contributed by atoms with E-state index >= 15 is 0 Å². The number of hydrogen-bond donors (Lipinski definition) is 3. The van der Waals surface area contributed by atoms with E-state index in [1.54, 1.807) is 32.6 Å². The smallest absolute Gasteiger partial charge is 0.169 e. The zero-order valence-electron chi connectivity index (χ0n) is 18.9. The zero-order chi connectivity index (χ0) is 24.1. The Morgan fingerprint density at radius 2 is 2.00 bits per heavy atom. The third-order valence-electron chi connectivity index (χ3n) is 5.28. The van der Waals surface area contributed by atoms with Crippen molar-refractivity contribution in [3.8, 4) is 5.75 Å². The van der Waals surface area contributed by atoms with Gasteiger partial charge in [-0.2, -0.15) is 0 Å². The molecule has 0 amide bonds. The number of anilines is 4. The molecule has 0 saturated heterocycles. The van der Waals surface area contributed by atoms with Gasteiger partial charge in [-0.1, -0.05) is 6.07 Å². The van der Waals surface area contributed by atoms with Crippen LogP contribution in [0.5, 0.6) is 5.75 Å². The molecular formula is C24H26N7O2P. The van der Waals surface area contributed by atoms with Crippen LogP contribution in [-0.2, 0) is 0 Å². The minimum Gasteiger partial charge on any atom is -0.494 e. The van der Waals surface area contributed by atoms with Crippen molar-refractivity contribution in [2.75, 3.05) is 24.8 Å². The molecule has 2 aromatic heterocycles. The van der Waals surface area contributed by atoms with E-state index in [4.69, 9.17) is 10.5 Å². The standard InChI is InChI=1S/C24H26N7O2P/c1-26-13-29-23(25)15-5-3-6-17(22(15)33-2)30-18-11-20(31-24-19(34)7-4-10-27-24)28-12-16(18)21(32)14-8-9-14/h3-7,10-14H,8-9,34H2,1-2H3,(H2,25,26,29)(H2,27,28,30,31). The van der Waals surface area contributed by atoms with Crippen molar-refractivity contribution in [3.63, 3.8) is 0 Å². The van der Waals surface area contributed by atoms with E-state index in [-0.39, 0.29) is 17.5 Å². The van der Waals surface area contributed by atoms with Crippen LogP contribution in [0.3, 0.4) is 0 Å². The zero-order valence-corrected chi connectivity index (χ0v) is 20.1. The second-order valence-corrected chi connectivity index (χ2v) is 8.34. The minimum atomic E-state index is 0.0416. The van der Waals surface area contributed by atoms with E-state index in [1.165, 1.54) is 6.34 Å². The van der Waals surface area contributed by atoms with E-state index in [0.717, 1.165) is 18.1 Å². The van der Waals surface area contributed by atoms with Crippen LogP contribution in [0, 0.1) is 5.92 Å². The van der Waals surface area contributed by atoms with E-state index in [1.807, 2.05) is 30.3 Å². The number of aromatic nitrogens is 2. The SMILES string of the molecule is CN=CN=C(N)c1cccc(Nc2cc(Nc3ncccc3P)ncc2C(=O)C2CC2)c1OC. The fourth-order valence-electron chi connectivity index (χ4n) is 3.42. The van der Waals surface area contributed by atoms with Gasteiger partial charge >= 0.3 is 0 Å². The van der Waals surface area contributed by atoms with Gasteiger partial charge in [0.05, 0.1) is 29.6 Å². The quantitative estimate of drug-likeness (QED) is 0.187. The summed E-state index contributed by atoms with van der Waals surface area (Å²) in [6.07, 6.45) is 6.47. The van der Waals surface area contributed by atoms with Crippen LogP contribution in [-0.4, -0.2) is 42.1 Å². The molecular weight excluding hydrogens is 449 g/mol. The molecule has 0 spiro atoms. The predicted molar refractivity (Wildman–Crippen MR) is 140 cm³/mol. The number of aliphatic imine (C=N–C) groups is 2. The summed E-state index contributed by atoms with van der Waals surface area (Å²) in [7, 11) is 5.81. The van der Waals surface area contributed by atoms with Crippen LogP contribution >= 0.6 is 9.24 Å². The molecule has 3 aromatic rings. The first-order chi connectivity index (χ1) is 16.5. The number of Topliss-reactive ketones (excluding diaryl/α,β-unsaturated/α-hetero) is 1. The number of ketones is 1. The summed E-state index contributed by atoms with van der Waals surface area (Å²) >= 11 is 0. The molecule has 1 fully saturated rings. The summed E-state index contributed by atoms with van der Waals surface area (Å²) in [6, 6.07) is 11.1. The molecule has 0 bridgehead atoms. The largest absolute Gasteiger partial charge is 0.494 e. The highest BCUT2D eigenvalue weighted by Gasteiger charge is 2.32. The second kappa shape index (κ2) is 10.4. The average Bonchev–Trinajstić information content (AvgIpc) is 3.69. The first kappa shape index (κ1) is 23.3. The number of ether oxygens (including phenoxy) is 1. The number of nitrogens with zero attached hydrogens (tertiary/aromatic N) is 4. The number of para-hydroxylation sites is 1. The molecule has 1 aromatic carbocycles. The van der Waals surface area contributed by atoms with Gasteiger partial charge in [-0.15, -0.1) is 9.24 Å². The minimum absolute atomic E-state index is 0.0416. The van der Waals surface area contributed by atoms with Crippen LogP contribution in [0.15, 0.2) is 58.8 Å². The number of rotatable bonds is 9. The van der Waals surface area contributed by atoms with Gasteiger partial charge < -0.3 is 21.1 Å². The highest BCUT2D eigenvalue weighted by Crippen LogP contribution is 2.37. The molecule has 1 aliphatic rings.